The molecule has 13 heavy (non-hydrogen) atoms. The van der Waals surface area contributed by atoms with Gasteiger partial charge in [0, 0.05) is 0 Å². The summed E-state index contributed by atoms with van der Waals surface area (Å²) >= 11 is 0. The summed E-state index contributed by atoms with van der Waals surface area (Å²) < 4.78 is 5.00. The van der Waals surface area contributed by atoms with E-state index in [9.17, 15) is 4.79 Å². The second kappa shape index (κ2) is 6.19. The van der Waals surface area contributed by atoms with Gasteiger partial charge in [0.1, 0.15) is 0 Å². The largest absolute Gasteiger partial charge is 1.00 e. The first kappa shape index (κ1) is 12.7. The van der Waals surface area contributed by atoms with Crippen molar-refractivity contribution >= 4 is 5.97 Å². The molecule has 0 atom stereocenters. The fourth-order valence-corrected chi connectivity index (χ4v) is 0.856. The van der Waals surface area contributed by atoms with Crippen LogP contribution in [0.2, 0.25) is 0 Å². The van der Waals surface area contributed by atoms with Gasteiger partial charge in [-0.2, -0.15) is 0 Å². The predicted octanol–water partition coefficient (Wildman–Crippen LogP) is -0.632. The maximum Gasteiger partial charge on any atom is 1.00 e. The topological polar surface area (TPSA) is 26.3 Å². The van der Waals surface area contributed by atoms with Crippen molar-refractivity contribution in [2.75, 3.05) is 0 Å². The molecule has 1 aromatic rings. The van der Waals surface area contributed by atoms with Gasteiger partial charge >= 0.3 is 35.5 Å². The van der Waals surface area contributed by atoms with E-state index in [1.54, 1.807) is 12.1 Å². The Hall–Kier alpha value is -0.310. The van der Waals surface area contributed by atoms with E-state index >= 15 is 0 Å². The molecule has 0 bridgehead atoms. The van der Waals surface area contributed by atoms with Gasteiger partial charge in [-0.3, -0.25) is 0 Å². The summed E-state index contributed by atoms with van der Waals surface area (Å²) in [6.45, 7) is 3.67. The molecule has 0 aliphatic carbocycles. The summed E-state index contributed by atoms with van der Waals surface area (Å²) in [7, 11) is 0. The van der Waals surface area contributed by atoms with Gasteiger partial charge in [0.25, 0.3) is 0 Å². The molecule has 0 spiro atoms. The molecule has 0 saturated carbocycles. The Kier molecular flexibility index (Phi) is 6.04. The first-order valence-corrected chi connectivity index (χ1v) is 3.96. The zero-order valence-electron chi connectivity index (χ0n) is 9.28. The summed E-state index contributed by atoms with van der Waals surface area (Å²) in [5.41, 5.74) is 0.603. The van der Waals surface area contributed by atoms with Gasteiger partial charge in [-0.1, -0.05) is 18.2 Å². The SMILES string of the molecule is CC(C)OC(=O)c1ccccc1.[H-].[Na+]. The molecule has 0 N–H and O–H groups in total. The van der Waals surface area contributed by atoms with Gasteiger partial charge in [-0.05, 0) is 26.0 Å². The van der Waals surface area contributed by atoms with Crippen molar-refractivity contribution in [2.45, 2.75) is 20.0 Å². The van der Waals surface area contributed by atoms with Crippen LogP contribution in [0.1, 0.15) is 25.6 Å². The normalized spacial score (nSPS) is 9.15. The Labute approximate surface area is 102 Å². The van der Waals surface area contributed by atoms with Crippen LogP contribution < -0.4 is 29.6 Å². The van der Waals surface area contributed by atoms with E-state index in [0.29, 0.717) is 5.56 Å². The van der Waals surface area contributed by atoms with E-state index < -0.39 is 0 Å². The minimum Gasteiger partial charge on any atom is -1.00 e. The second-order valence-corrected chi connectivity index (χ2v) is 2.82. The Balaban J connectivity index is 0. The van der Waals surface area contributed by atoms with Crippen molar-refractivity contribution in [1.29, 1.82) is 0 Å². The summed E-state index contributed by atoms with van der Waals surface area (Å²) in [6.07, 6.45) is -0.0577. The molecule has 0 aliphatic rings. The van der Waals surface area contributed by atoms with Crippen LogP contribution in [-0.2, 0) is 4.74 Å². The number of hydrogen-bond donors (Lipinski definition) is 0. The fraction of sp³-hybridized carbons (Fsp3) is 0.300. The Morgan fingerprint density at radius 2 is 1.85 bits per heavy atom. The van der Waals surface area contributed by atoms with E-state index in [1.807, 2.05) is 32.0 Å². The molecule has 0 aromatic heterocycles. The number of benzene rings is 1. The zero-order valence-corrected chi connectivity index (χ0v) is 10.3. The van der Waals surface area contributed by atoms with Crippen molar-refractivity contribution in [3.63, 3.8) is 0 Å². The average molecular weight is 188 g/mol. The molecule has 0 radical (unpaired) electrons. The molecule has 0 aliphatic heterocycles. The van der Waals surface area contributed by atoms with Crippen molar-refractivity contribution in [2.24, 2.45) is 0 Å². The molecule has 0 saturated heterocycles. The van der Waals surface area contributed by atoms with E-state index in [2.05, 4.69) is 0 Å². The maximum atomic E-state index is 11.2. The summed E-state index contributed by atoms with van der Waals surface area (Å²) in [6, 6.07) is 8.98. The van der Waals surface area contributed by atoms with E-state index in [1.165, 1.54) is 0 Å². The number of rotatable bonds is 2. The van der Waals surface area contributed by atoms with Gasteiger partial charge in [0.15, 0.2) is 0 Å². The quantitative estimate of drug-likeness (QED) is 0.456. The van der Waals surface area contributed by atoms with Crippen molar-refractivity contribution in [3.8, 4) is 0 Å². The molecular formula is C10H13NaO2. The average Bonchev–Trinajstić information content (AvgIpc) is 2.05. The van der Waals surface area contributed by atoms with Crippen LogP contribution in [0.3, 0.4) is 0 Å². The predicted molar refractivity (Wildman–Crippen MR) is 48.1 cm³/mol. The number of hydrogen-bond acceptors (Lipinski definition) is 2. The van der Waals surface area contributed by atoms with Crippen molar-refractivity contribution in [3.05, 3.63) is 35.9 Å². The monoisotopic (exact) mass is 188 g/mol. The molecule has 0 amide bonds. The number of carbonyl (C=O) groups excluding carboxylic acids is 1. The zero-order chi connectivity index (χ0) is 8.97. The van der Waals surface area contributed by atoms with Crippen LogP contribution in [0.5, 0.6) is 0 Å². The summed E-state index contributed by atoms with van der Waals surface area (Å²) in [5.74, 6) is -0.259. The third-order valence-corrected chi connectivity index (χ3v) is 1.35. The summed E-state index contributed by atoms with van der Waals surface area (Å²) in [4.78, 5) is 11.2. The van der Waals surface area contributed by atoms with Crippen LogP contribution >= 0.6 is 0 Å². The Bertz CT molecular complexity index is 262. The van der Waals surface area contributed by atoms with Crippen molar-refractivity contribution in [1.82, 2.24) is 0 Å². The molecule has 2 nitrogen and oxygen atoms in total. The molecule has 0 heterocycles. The van der Waals surface area contributed by atoms with Crippen LogP contribution in [0, 0.1) is 0 Å². The van der Waals surface area contributed by atoms with Gasteiger partial charge in [0.05, 0.1) is 11.7 Å². The smallest absolute Gasteiger partial charge is 1.00 e. The van der Waals surface area contributed by atoms with Gasteiger partial charge in [-0.15, -0.1) is 0 Å². The molecule has 3 heteroatoms. The third kappa shape index (κ3) is 4.46. The number of carbonyl (C=O) groups is 1. The molecule has 1 rings (SSSR count). The molecular weight excluding hydrogens is 175 g/mol. The minimum absolute atomic E-state index is 0. The van der Waals surface area contributed by atoms with Crippen molar-refractivity contribution < 1.29 is 40.5 Å². The van der Waals surface area contributed by atoms with Crippen LogP contribution in [-0.4, -0.2) is 12.1 Å². The van der Waals surface area contributed by atoms with Gasteiger partial charge in [-0.25, -0.2) is 4.79 Å². The van der Waals surface area contributed by atoms with E-state index in [-0.39, 0.29) is 43.1 Å². The van der Waals surface area contributed by atoms with Gasteiger partial charge < -0.3 is 6.16 Å². The molecule has 1 aromatic carbocycles. The standard InChI is InChI=1S/C10H12O2.Na.H/c1-8(2)12-10(11)9-6-4-3-5-7-9;;/h3-8H,1-2H3;;/q;+1;-1. The Morgan fingerprint density at radius 1 is 1.31 bits per heavy atom. The van der Waals surface area contributed by atoms with E-state index in [4.69, 9.17) is 4.74 Å². The minimum atomic E-state index is -0.259. The first-order chi connectivity index (χ1) is 5.70. The first-order valence-electron chi connectivity index (χ1n) is 3.96. The van der Waals surface area contributed by atoms with Gasteiger partial charge in [0.2, 0.25) is 0 Å². The maximum absolute atomic E-state index is 11.2. The fourth-order valence-electron chi connectivity index (χ4n) is 0.856. The summed E-state index contributed by atoms with van der Waals surface area (Å²) in [5, 5.41) is 0. The number of esters is 1. The number of ether oxygens (including phenoxy) is 1. The van der Waals surface area contributed by atoms with E-state index in [0.717, 1.165) is 0 Å². The van der Waals surface area contributed by atoms with Crippen LogP contribution in [0.15, 0.2) is 30.3 Å². The van der Waals surface area contributed by atoms with Crippen LogP contribution in [0.4, 0.5) is 0 Å². The Morgan fingerprint density at radius 3 is 2.31 bits per heavy atom. The molecule has 0 fully saturated rings. The second-order valence-electron chi connectivity index (χ2n) is 2.82. The van der Waals surface area contributed by atoms with Crippen LogP contribution in [0.25, 0.3) is 0 Å². The third-order valence-electron chi connectivity index (χ3n) is 1.35. The molecule has 66 valence electrons. The molecule has 0 unspecified atom stereocenters.